The second kappa shape index (κ2) is 6.95. The standard InChI is InChI=1S/C15H19NO3/c1-2-18-15(17)11-19-14-5-3-12(4-6-14)13-7-9-16-10-8-13/h3-7,16H,2,8-11H2,1H3. The Hall–Kier alpha value is -1.81. The van der Waals surface area contributed by atoms with Crippen LogP contribution in [0.2, 0.25) is 0 Å². The molecule has 0 unspecified atom stereocenters. The van der Waals surface area contributed by atoms with Crippen LogP contribution in [0.4, 0.5) is 0 Å². The predicted molar refractivity (Wildman–Crippen MR) is 74.0 cm³/mol. The van der Waals surface area contributed by atoms with Gasteiger partial charge in [0.25, 0.3) is 0 Å². The van der Waals surface area contributed by atoms with E-state index in [4.69, 9.17) is 9.47 Å². The Kier molecular flexibility index (Phi) is 4.98. The molecule has 0 radical (unpaired) electrons. The lowest BCUT2D eigenvalue weighted by atomic mass is 10.0. The van der Waals surface area contributed by atoms with Crippen molar-refractivity contribution in [1.82, 2.24) is 5.32 Å². The predicted octanol–water partition coefficient (Wildman–Crippen LogP) is 2.01. The second-order valence-electron chi connectivity index (χ2n) is 4.30. The van der Waals surface area contributed by atoms with Gasteiger partial charge in [0.1, 0.15) is 5.75 Å². The van der Waals surface area contributed by atoms with Gasteiger partial charge in [-0.05, 0) is 43.2 Å². The molecule has 0 bridgehead atoms. The molecular formula is C15H19NO3. The molecule has 0 amide bonds. The summed E-state index contributed by atoms with van der Waals surface area (Å²) in [6.45, 7) is 4.06. The Bertz CT molecular complexity index is 451. The van der Waals surface area contributed by atoms with E-state index < -0.39 is 0 Å². The summed E-state index contributed by atoms with van der Waals surface area (Å²) in [4.78, 5) is 11.2. The first kappa shape index (κ1) is 13.6. The van der Waals surface area contributed by atoms with Crippen molar-refractivity contribution in [2.75, 3.05) is 26.3 Å². The Morgan fingerprint density at radius 2 is 2.11 bits per heavy atom. The molecule has 1 aromatic carbocycles. The molecule has 102 valence electrons. The molecule has 4 nitrogen and oxygen atoms in total. The molecule has 0 aliphatic carbocycles. The van der Waals surface area contributed by atoms with Gasteiger partial charge >= 0.3 is 5.97 Å². The molecule has 0 fully saturated rings. The minimum atomic E-state index is -0.340. The minimum Gasteiger partial charge on any atom is -0.482 e. The van der Waals surface area contributed by atoms with Crippen LogP contribution in [-0.2, 0) is 9.53 Å². The van der Waals surface area contributed by atoms with Gasteiger partial charge < -0.3 is 14.8 Å². The SMILES string of the molecule is CCOC(=O)COc1ccc(C2=CCNCC2)cc1. The Morgan fingerprint density at radius 3 is 2.74 bits per heavy atom. The number of hydrogen-bond acceptors (Lipinski definition) is 4. The maximum absolute atomic E-state index is 11.2. The molecule has 0 spiro atoms. The van der Waals surface area contributed by atoms with E-state index in [1.54, 1.807) is 6.92 Å². The summed E-state index contributed by atoms with van der Waals surface area (Å²) >= 11 is 0. The number of hydrogen-bond donors (Lipinski definition) is 1. The van der Waals surface area contributed by atoms with E-state index in [2.05, 4.69) is 11.4 Å². The largest absolute Gasteiger partial charge is 0.482 e. The summed E-state index contributed by atoms with van der Waals surface area (Å²) in [6, 6.07) is 7.82. The van der Waals surface area contributed by atoms with Crippen LogP contribution in [0.3, 0.4) is 0 Å². The molecule has 1 heterocycles. The maximum Gasteiger partial charge on any atom is 0.344 e. The normalized spacial score (nSPS) is 14.7. The molecule has 0 atom stereocenters. The molecule has 1 N–H and O–H groups in total. The molecule has 4 heteroatoms. The van der Waals surface area contributed by atoms with Crippen molar-refractivity contribution in [2.45, 2.75) is 13.3 Å². The first-order valence-electron chi connectivity index (χ1n) is 6.58. The summed E-state index contributed by atoms with van der Waals surface area (Å²) in [5.41, 5.74) is 2.57. The lowest BCUT2D eigenvalue weighted by Gasteiger charge is -2.14. The second-order valence-corrected chi connectivity index (χ2v) is 4.30. The van der Waals surface area contributed by atoms with E-state index in [0.29, 0.717) is 12.4 Å². The van der Waals surface area contributed by atoms with Crippen molar-refractivity contribution < 1.29 is 14.3 Å². The molecule has 0 aromatic heterocycles. The van der Waals surface area contributed by atoms with Gasteiger partial charge in [0.05, 0.1) is 6.61 Å². The molecule has 0 saturated heterocycles. The zero-order chi connectivity index (χ0) is 13.5. The summed E-state index contributed by atoms with van der Waals surface area (Å²) in [7, 11) is 0. The van der Waals surface area contributed by atoms with E-state index in [9.17, 15) is 4.79 Å². The first-order valence-corrected chi connectivity index (χ1v) is 6.58. The van der Waals surface area contributed by atoms with Gasteiger partial charge in [0.2, 0.25) is 0 Å². The third-order valence-corrected chi connectivity index (χ3v) is 2.95. The van der Waals surface area contributed by atoms with Crippen LogP contribution in [-0.4, -0.2) is 32.3 Å². The maximum atomic E-state index is 11.2. The van der Waals surface area contributed by atoms with Gasteiger partial charge in [-0.15, -0.1) is 0 Å². The number of esters is 1. The van der Waals surface area contributed by atoms with Crippen LogP contribution in [0, 0.1) is 0 Å². The van der Waals surface area contributed by atoms with Crippen LogP contribution in [0.5, 0.6) is 5.75 Å². The van der Waals surface area contributed by atoms with Gasteiger partial charge in [-0.1, -0.05) is 18.2 Å². The van der Waals surface area contributed by atoms with Gasteiger partial charge in [0, 0.05) is 6.54 Å². The van der Waals surface area contributed by atoms with Crippen molar-refractivity contribution in [3.05, 3.63) is 35.9 Å². The minimum absolute atomic E-state index is 0.0419. The summed E-state index contributed by atoms with van der Waals surface area (Å²) in [6.07, 6.45) is 3.25. The van der Waals surface area contributed by atoms with Gasteiger partial charge in [-0.25, -0.2) is 4.79 Å². The van der Waals surface area contributed by atoms with Gasteiger partial charge in [0.15, 0.2) is 6.61 Å². The average Bonchev–Trinajstić information content (AvgIpc) is 2.47. The van der Waals surface area contributed by atoms with E-state index in [-0.39, 0.29) is 12.6 Å². The molecule has 1 aliphatic rings. The van der Waals surface area contributed by atoms with Crippen molar-refractivity contribution in [3.8, 4) is 5.75 Å². The molecule has 1 aromatic rings. The summed E-state index contributed by atoms with van der Waals surface area (Å²) < 4.78 is 10.2. The van der Waals surface area contributed by atoms with Crippen molar-refractivity contribution in [3.63, 3.8) is 0 Å². The fraction of sp³-hybridized carbons (Fsp3) is 0.400. The van der Waals surface area contributed by atoms with Crippen molar-refractivity contribution in [2.24, 2.45) is 0 Å². The number of carbonyl (C=O) groups excluding carboxylic acids is 1. The Labute approximate surface area is 113 Å². The van der Waals surface area contributed by atoms with Crippen LogP contribution >= 0.6 is 0 Å². The molecular weight excluding hydrogens is 242 g/mol. The van der Waals surface area contributed by atoms with Crippen LogP contribution in [0.25, 0.3) is 5.57 Å². The molecule has 1 aliphatic heterocycles. The fourth-order valence-electron chi connectivity index (χ4n) is 1.99. The molecule has 19 heavy (non-hydrogen) atoms. The van der Waals surface area contributed by atoms with E-state index in [1.165, 1.54) is 11.1 Å². The zero-order valence-electron chi connectivity index (χ0n) is 11.1. The summed E-state index contributed by atoms with van der Waals surface area (Å²) in [5, 5.41) is 3.29. The number of nitrogens with one attached hydrogen (secondary N) is 1. The highest BCUT2D eigenvalue weighted by Gasteiger charge is 2.06. The average molecular weight is 261 g/mol. The number of carbonyl (C=O) groups is 1. The smallest absolute Gasteiger partial charge is 0.344 e. The molecule has 0 saturated carbocycles. The number of rotatable bonds is 5. The van der Waals surface area contributed by atoms with Crippen LogP contribution in [0.1, 0.15) is 18.9 Å². The summed E-state index contributed by atoms with van der Waals surface area (Å²) in [5.74, 6) is 0.346. The van der Waals surface area contributed by atoms with Crippen molar-refractivity contribution >= 4 is 11.5 Å². The van der Waals surface area contributed by atoms with Crippen LogP contribution in [0.15, 0.2) is 30.3 Å². The third kappa shape index (κ3) is 4.10. The quantitative estimate of drug-likeness (QED) is 0.824. The highest BCUT2D eigenvalue weighted by Crippen LogP contribution is 2.22. The van der Waals surface area contributed by atoms with E-state index in [1.807, 2.05) is 24.3 Å². The van der Waals surface area contributed by atoms with E-state index in [0.717, 1.165) is 19.5 Å². The zero-order valence-corrected chi connectivity index (χ0v) is 11.1. The highest BCUT2D eigenvalue weighted by molar-refractivity contribution is 5.71. The van der Waals surface area contributed by atoms with Gasteiger partial charge in [-0.3, -0.25) is 0 Å². The Morgan fingerprint density at radius 1 is 1.32 bits per heavy atom. The lowest BCUT2D eigenvalue weighted by Crippen LogP contribution is -2.20. The lowest BCUT2D eigenvalue weighted by molar-refractivity contribution is -0.145. The first-order chi connectivity index (χ1) is 9.29. The topological polar surface area (TPSA) is 47.6 Å². The monoisotopic (exact) mass is 261 g/mol. The fourth-order valence-corrected chi connectivity index (χ4v) is 1.99. The van der Waals surface area contributed by atoms with E-state index >= 15 is 0 Å². The number of ether oxygens (including phenoxy) is 2. The third-order valence-electron chi connectivity index (χ3n) is 2.95. The van der Waals surface area contributed by atoms with Crippen molar-refractivity contribution in [1.29, 1.82) is 0 Å². The molecule has 2 rings (SSSR count). The van der Waals surface area contributed by atoms with Gasteiger partial charge in [-0.2, -0.15) is 0 Å². The number of benzene rings is 1. The Balaban J connectivity index is 1.91. The highest BCUT2D eigenvalue weighted by atomic mass is 16.6. The van der Waals surface area contributed by atoms with Crippen LogP contribution < -0.4 is 10.1 Å².